The van der Waals surface area contributed by atoms with E-state index in [4.69, 9.17) is 0 Å². The molecule has 0 aliphatic rings. The number of hydrogen-bond acceptors (Lipinski definition) is 4. The standard InChI is InChI=1S/C20H24N2O3/c1-22(15-16-7-4-3-5-8-16)14-6-13-21-19(23)17-9-11-18(12-10-17)20(24)25-2/h3-5,7-12H,6,13-15H2,1-2H3,(H,21,23). The maximum atomic E-state index is 12.1. The van der Waals surface area contributed by atoms with Crippen LogP contribution in [0.5, 0.6) is 0 Å². The lowest BCUT2D eigenvalue weighted by Gasteiger charge is -2.16. The van der Waals surface area contributed by atoms with Crippen molar-refractivity contribution in [3.8, 4) is 0 Å². The van der Waals surface area contributed by atoms with E-state index in [1.165, 1.54) is 12.7 Å². The van der Waals surface area contributed by atoms with Crippen molar-refractivity contribution < 1.29 is 14.3 Å². The molecule has 1 N–H and O–H groups in total. The molecule has 2 rings (SSSR count). The summed E-state index contributed by atoms with van der Waals surface area (Å²) >= 11 is 0. The van der Waals surface area contributed by atoms with Crippen LogP contribution in [-0.2, 0) is 11.3 Å². The highest BCUT2D eigenvalue weighted by Crippen LogP contribution is 2.06. The highest BCUT2D eigenvalue weighted by molar-refractivity contribution is 5.96. The number of carbonyl (C=O) groups excluding carboxylic acids is 2. The summed E-state index contributed by atoms with van der Waals surface area (Å²) in [6.45, 7) is 2.40. The Morgan fingerprint density at radius 2 is 1.64 bits per heavy atom. The summed E-state index contributed by atoms with van der Waals surface area (Å²) in [5.41, 5.74) is 2.24. The third kappa shape index (κ3) is 6.04. The average molecular weight is 340 g/mol. The SMILES string of the molecule is COC(=O)c1ccc(C(=O)NCCCN(C)Cc2ccccc2)cc1. The van der Waals surface area contributed by atoms with Crippen molar-refractivity contribution in [1.29, 1.82) is 0 Å². The Balaban J connectivity index is 1.70. The molecule has 0 fully saturated rings. The Morgan fingerprint density at radius 1 is 1.00 bits per heavy atom. The van der Waals surface area contributed by atoms with Gasteiger partial charge in [-0.15, -0.1) is 0 Å². The lowest BCUT2D eigenvalue weighted by Crippen LogP contribution is -2.28. The molecule has 2 aromatic carbocycles. The monoisotopic (exact) mass is 340 g/mol. The third-order valence-corrected chi connectivity index (χ3v) is 3.87. The van der Waals surface area contributed by atoms with E-state index < -0.39 is 5.97 Å². The first-order chi connectivity index (χ1) is 12.1. The molecule has 0 aliphatic carbocycles. The number of amides is 1. The molecule has 0 bridgehead atoms. The zero-order valence-electron chi connectivity index (χ0n) is 14.7. The molecule has 0 aliphatic heterocycles. The van der Waals surface area contributed by atoms with Crippen molar-refractivity contribution in [3.05, 3.63) is 71.3 Å². The van der Waals surface area contributed by atoms with Gasteiger partial charge >= 0.3 is 5.97 Å². The molecular weight excluding hydrogens is 316 g/mol. The van der Waals surface area contributed by atoms with Gasteiger partial charge in [0.2, 0.25) is 0 Å². The molecule has 0 radical (unpaired) electrons. The van der Waals surface area contributed by atoms with E-state index in [2.05, 4.69) is 34.1 Å². The van der Waals surface area contributed by atoms with Crippen molar-refractivity contribution in [2.45, 2.75) is 13.0 Å². The fourth-order valence-electron chi connectivity index (χ4n) is 2.50. The Morgan fingerprint density at radius 3 is 2.28 bits per heavy atom. The van der Waals surface area contributed by atoms with Crippen LogP contribution in [0.2, 0.25) is 0 Å². The fraction of sp³-hybridized carbons (Fsp3) is 0.300. The zero-order chi connectivity index (χ0) is 18.1. The summed E-state index contributed by atoms with van der Waals surface area (Å²) < 4.78 is 4.64. The van der Waals surface area contributed by atoms with Gasteiger partial charge in [-0.2, -0.15) is 0 Å². The second-order valence-electron chi connectivity index (χ2n) is 5.90. The van der Waals surface area contributed by atoms with Gasteiger partial charge in [-0.05, 0) is 49.8 Å². The van der Waals surface area contributed by atoms with Crippen LogP contribution >= 0.6 is 0 Å². The molecule has 0 saturated carbocycles. The molecule has 2 aromatic rings. The van der Waals surface area contributed by atoms with Gasteiger partial charge in [0.05, 0.1) is 12.7 Å². The van der Waals surface area contributed by atoms with Crippen molar-refractivity contribution in [1.82, 2.24) is 10.2 Å². The lowest BCUT2D eigenvalue weighted by molar-refractivity contribution is 0.0600. The maximum absolute atomic E-state index is 12.1. The first-order valence-corrected chi connectivity index (χ1v) is 8.29. The molecule has 5 nitrogen and oxygen atoms in total. The molecule has 1 amide bonds. The van der Waals surface area contributed by atoms with Gasteiger partial charge in [-0.25, -0.2) is 4.79 Å². The summed E-state index contributed by atoms with van der Waals surface area (Å²) in [7, 11) is 3.40. The number of carbonyl (C=O) groups is 2. The van der Waals surface area contributed by atoms with Gasteiger partial charge < -0.3 is 15.0 Å². The van der Waals surface area contributed by atoms with Crippen LogP contribution in [0.4, 0.5) is 0 Å². The van der Waals surface area contributed by atoms with E-state index in [1.54, 1.807) is 24.3 Å². The largest absolute Gasteiger partial charge is 0.465 e. The van der Waals surface area contributed by atoms with Crippen molar-refractivity contribution >= 4 is 11.9 Å². The zero-order valence-corrected chi connectivity index (χ0v) is 14.7. The van der Waals surface area contributed by atoms with Gasteiger partial charge in [0.25, 0.3) is 5.91 Å². The number of rotatable bonds is 8. The third-order valence-electron chi connectivity index (χ3n) is 3.87. The Kier molecular flexibility index (Phi) is 7.16. The quantitative estimate of drug-likeness (QED) is 0.593. The van der Waals surface area contributed by atoms with Crippen LogP contribution in [0.25, 0.3) is 0 Å². The first-order valence-electron chi connectivity index (χ1n) is 8.29. The number of hydrogen-bond donors (Lipinski definition) is 1. The van der Waals surface area contributed by atoms with Crippen LogP contribution in [-0.4, -0.2) is 44.0 Å². The van der Waals surface area contributed by atoms with Crippen molar-refractivity contribution in [2.75, 3.05) is 27.2 Å². The summed E-state index contributed by atoms with van der Waals surface area (Å²) in [6.07, 6.45) is 0.870. The lowest BCUT2D eigenvalue weighted by atomic mass is 10.1. The molecule has 0 atom stereocenters. The molecule has 0 spiro atoms. The maximum Gasteiger partial charge on any atom is 0.337 e. The van der Waals surface area contributed by atoms with Crippen molar-refractivity contribution in [3.63, 3.8) is 0 Å². The van der Waals surface area contributed by atoms with E-state index >= 15 is 0 Å². The Bertz CT molecular complexity index is 684. The topological polar surface area (TPSA) is 58.6 Å². The van der Waals surface area contributed by atoms with E-state index in [-0.39, 0.29) is 5.91 Å². The average Bonchev–Trinajstić information content (AvgIpc) is 2.65. The van der Waals surface area contributed by atoms with E-state index in [9.17, 15) is 9.59 Å². The van der Waals surface area contributed by atoms with E-state index in [0.29, 0.717) is 17.7 Å². The van der Waals surface area contributed by atoms with Gasteiger partial charge in [-0.1, -0.05) is 30.3 Å². The van der Waals surface area contributed by atoms with Gasteiger partial charge in [0, 0.05) is 18.7 Å². The highest BCUT2D eigenvalue weighted by atomic mass is 16.5. The molecule has 0 aromatic heterocycles. The smallest absolute Gasteiger partial charge is 0.337 e. The van der Waals surface area contributed by atoms with Crippen molar-refractivity contribution in [2.24, 2.45) is 0 Å². The van der Waals surface area contributed by atoms with Crippen LogP contribution < -0.4 is 5.32 Å². The predicted octanol–water partition coefficient (Wildman–Crippen LogP) is 2.73. The molecule has 5 heteroatoms. The van der Waals surface area contributed by atoms with Gasteiger partial charge in [0.15, 0.2) is 0 Å². The molecule has 0 saturated heterocycles. The molecule has 25 heavy (non-hydrogen) atoms. The Hall–Kier alpha value is -2.66. The number of ether oxygens (including phenoxy) is 1. The Labute approximate surface area is 148 Å². The summed E-state index contributed by atoms with van der Waals surface area (Å²) in [5, 5.41) is 2.90. The predicted molar refractivity (Wildman–Crippen MR) is 97.5 cm³/mol. The number of methoxy groups -OCH3 is 1. The number of nitrogens with zero attached hydrogens (tertiary/aromatic N) is 1. The number of nitrogens with one attached hydrogen (secondary N) is 1. The summed E-state index contributed by atoms with van der Waals surface area (Å²) in [5.74, 6) is -0.546. The number of esters is 1. The molecular formula is C20H24N2O3. The van der Waals surface area contributed by atoms with E-state index in [0.717, 1.165) is 19.5 Å². The van der Waals surface area contributed by atoms with Gasteiger partial charge in [-0.3, -0.25) is 4.79 Å². The molecule has 0 heterocycles. The van der Waals surface area contributed by atoms with Crippen LogP contribution in [0.3, 0.4) is 0 Å². The first kappa shape index (κ1) is 18.7. The minimum absolute atomic E-state index is 0.137. The molecule has 0 unspecified atom stereocenters. The van der Waals surface area contributed by atoms with Crippen LogP contribution in [0.15, 0.2) is 54.6 Å². The minimum atomic E-state index is -0.409. The minimum Gasteiger partial charge on any atom is -0.465 e. The second-order valence-corrected chi connectivity index (χ2v) is 5.90. The summed E-state index contributed by atoms with van der Waals surface area (Å²) in [4.78, 5) is 25.7. The highest BCUT2D eigenvalue weighted by Gasteiger charge is 2.08. The van der Waals surface area contributed by atoms with Crippen LogP contribution in [0, 0.1) is 0 Å². The van der Waals surface area contributed by atoms with Gasteiger partial charge in [0.1, 0.15) is 0 Å². The molecule has 132 valence electrons. The van der Waals surface area contributed by atoms with E-state index in [1.807, 2.05) is 18.2 Å². The fourth-order valence-corrected chi connectivity index (χ4v) is 2.50. The normalized spacial score (nSPS) is 10.5. The summed E-state index contributed by atoms with van der Waals surface area (Å²) in [6, 6.07) is 16.7. The number of benzene rings is 2. The van der Waals surface area contributed by atoms with Crippen LogP contribution in [0.1, 0.15) is 32.7 Å². The second kappa shape index (κ2) is 9.59.